The standard InChI is InChI=1S/C20H23F3N4O4/c1-30-17(28)13-8-9-14-16-25-26-18(31-16)19(29,20(21,22)23)10-4-2-3-6-12-7-5-11-27(12)15(13)24-14/h8-9,12,29H,2-7,10-11H2,1H3. The Hall–Kier alpha value is -2.69. The van der Waals surface area contributed by atoms with Crippen molar-refractivity contribution in [1.82, 2.24) is 15.2 Å². The van der Waals surface area contributed by atoms with Crippen LogP contribution in [0.4, 0.5) is 19.0 Å². The third-order valence-electron chi connectivity index (χ3n) is 5.97. The van der Waals surface area contributed by atoms with E-state index >= 15 is 0 Å². The molecule has 0 spiro atoms. The number of fused-ring (bicyclic) bond motifs is 7. The van der Waals surface area contributed by atoms with Crippen LogP contribution in [0.25, 0.3) is 11.6 Å². The first-order valence-corrected chi connectivity index (χ1v) is 10.2. The van der Waals surface area contributed by atoms with Gasteiger partial charge in [-0.1, -0.05) is 12.8 Å². The molecule has 2 aromatic rings. The highest BCUT2D eigenvalue weighted by Crippen LogP contribution is 2.43. The maximum absolute atomic E-state index is 13.7. The normalized spacial score (nSPS) is 24.4. The number of rotatable bonds is 1. The minimum absolute atomic E-state index is 0.105. The summed E-state index contributed by atoms with van der Waals surface area (Å²) >= 11 is 0. The second-order valence-corrected chi connectivity index (χ2v) is 7.92. The Morgan fingerprint density at radius 1 is 1.23 bits per heavy atom. The Morgan fingerprint density at radius 2 is 2.00 bits per heavy atom. The third kappa shape index (κ3) is 3.86. The minimum Gasteiger partial charge on any atom is -0.465 e. The van der Waals surface area contributed by atoms with Gasteiger partial charge in [-0.3, -0.25) is 0 Å². The lowest BCUT2D eigenvalue weighted by molar-refractivity contribution is -0.277. The van der Waals surface area contributed by atoms with Crippen LogP contribution < -0.4 is 4.90 Å². The summed E-state index contributed by atoms with van der Waals surface area (Å²) < 4.78 is 51.2. The summed E-state index contributed by atoms with van der Waals surface area (Å²) in [5, 5.41) is 17.6. The van der Waals surface area contributed by atoms with Gasteiger partial charge in [0.2, 0.25) is 5.60 Å². The van der Waals surface area contributed by atoms with Gasteiger partial charge in [-0.15, -0.1) is 10.2 Å². The van der Waals surface area contributed by atoms with E-state index in [4.69, 9.17) is 9.15 Å². The Bertz CT molecular complexity index is 964. The van der Waals surface area contributed by atoms with E-state index in [1.165, 1.54) is 19.2 Å². The number of alkyl halides is 3. The van der Waals surface area contributed by atoms with Gasteiger partial charge >= 0.3 is 12.1 Å². The zero-order valence-electron chi connectivity index (χ0n) is 17.0. The number of pyridine rings is 1. The lowest BCUT2D eigenvalue weighted by atomic mass is 9.94. The number of esters is 1. The van der Waals surface area contributed by atoms with Crippen LogP contribution in [0.5, 0.6) is 0 Å². The van der Waals surface area contributed by atoms with Crippen molar-refractivity contribution in [3.63, 3.8) is 0 Å². The second kappa shape index (κ2) is 8.10. The van der Waals surface area contributed by atoms with Gasteiger partial charge in [0.1, 0.15) is 17.1 Å². The summed E-state index contributed by atoms with van der Waals surface area (Å²) in [5.41, 5.74) is -2.85. The van der Waals surface area contributed by atoms with E-state index in [-0.39, 0.29) is 29.6 Å². The molecule has 2 aromatic heterocycles. The molecule has 0 aromatic carbocycles. The summed E-state index contributed by atoms with van der Waals surface area (Å²) in [7, 11) is 1.27. The smallest absolute Gasteiger partial charge is 0.426 e. The van der Waals surface area contributed by atoms with E-state index in [0.717, 1.165) is 19.3 Å². The maximum Gasteiger partial charge on any atom is 0.426 e. The van der Waals surface area contributed by atoms with Gasteiger partial charge < -0.3 is 19.2 Å². The molecule has 4 rings (SSSR count). The number of hydrogen-bond acceptors (Lipinski definition) is 8. The fourth-order valence-corrected chi connectivity index (χ4v) is 4.27. The summed E-state index contributed by atoms with van der Waals surface area (Å²) in [6.45, 7) is 0.702. The number of aromatic nitrogens is 3. The van der Waals surface area contributed by atoms with E-state index in [2.05, 4.69) is 15.2 Å². The number of halogens is 3. The number of carbonyl (C=O) groups excluding carboxylic acids is 1. The molecule has 0 saturated carbocycles. The number of aliphatic hydroxyl groups is 1. The molecule has 168 valence electrons. The first kappa shape index (κ1) is 21.5. The number of hydrogen-bond donors (Lipinski definition) is 1. The molecule has 31 heavy (non-hydrogen) atoms. The average molecular weight is 440 g/mol. The molecular weight excluding hydrogens is 417 g/mol. The fourth-order valence-electron chi connectivity index (χ4n) is 4.27. The van der Waals surface area contributed by atoms with Gasteiger partial charge in [-0.05, 0) is 44.2 Å². The van der Waals surface area contributed by atoms with Crippen molar-refractivity contribution in [1.29, 1.82) is 0 Å². The van der Waals surface area contributed by atoms with Gasteiger partial charge in [0.15, 0.2) is 0 Å². The van der Waals surface area contributed by atoms with E-state index < -0.39 is 30.1 Å². The van der Waals surface area contributed by atoms with E-state index in [9.17, 15) is 23.1 Å². The zero-order chi connectivity index (χ0) is 22.2. The fraction of sp³-hybridized carbons (Fsp3) is 0.600. The molecule has 1 saturated heterocycles. The quantitative estimate of drug-likeness (QED) is 0.672. The SMILES string of the molecule is COC(=O)c1ccc2nc1N1CCCC1CCCCCC(O)(C(F)(F)F)c1nnc-2o1. The summed E-state index contributed by atoms with van der Waals surface area (Å²) in [6, 6.07) is 3.01. The van der Waals surface area contributed by atoms with Crippen molar-refractivity contribution >= 4 is 11.8 Å². The predicted octanol–water partition coefficient (Wildman–Crippen LogP) is 3.60. The molecule has 0 amide bonds. The van der Waals surface area contributed by atoms with Crippen molar-refractivity contribution in [2.45, 2.75) is 62.8 Å². The number of ether oxygens (including phenoxy) is 1. The molecule has 11 heteroatoms. The first-order chi connectivity index (χ1) is 14.7. The number of methoxy groups -OCH3 is 1. The van der Waals surface area contributed by atoms with Gasteiger partial charge in [0, 0.05) is 12.6 Å². The van der Waals surface area contributed by atoms with E-state index in [0.29, 0.717) is 25.2 Å². The summed E-state index contributed by atoms with van der Waals surface area (Å²) in [6.07, 6.45) is -1.65. The van der Waals surface area contributed by atoms with Crippen LogP contribution in [-0.2, 0) is 10.3 Å². The number of nitrogens with zero attached hydrogens (tertiary/aromatic N) is 4. The Morgan fingerprint density at radius 3 is 2.74 bits per heavy atom. The lowest BCUT2D eigenvalue weighted by Crippen LogP contribution is -2.42. The Labute approximate surface area is 176 Å². The molecule has 0 radical (unpaired) electrons. The topological polar surface area (TPSA) is 102 Å². The molecule has 4 bridgehead atoms. The summed E-state index contributed by atoms with van der Waals surface area (Å²) in [4.78, 5) is 18.9. The highest BCUT2D eigenvalue weighted by molar-refractivity contribution is 5.95. The van der Waals surface area contributed by atoms with Crippen LogP contribution in [0.2, 0.25) is 0 Å². The molecule has 0 aliphatic carbocycles. The number of anilines is 1. The van der Waals surface area contributed by atoms with Gasteiger partial charge in [-0.2, -0.15) is 13.2 Å². The van der Waals surface area contributed by atoms with Crippen LogP contribution in [0.3, 0.4) is 0 Å². The molecule has 2 aliphatic rings. The maximum atomic E-state index is 13.7. The van der Waals surface area contributed by atoms with Gasteiger partial charge in [0.25, 0.3) is 11.8 Å². The summed E-state index contributed by atoms with van der Waals surface area (Å²) in [5.74, 6) is -1.34. The zero-order valence-corrected chi connectivity index (χ0v) is 17.0. The second-order valence-electron chi connectivity index (χ2n) is 7.92. The molecule has 2 unspecified atom stereocenters. The van der Waals surface area contributed by atoms with Gasteiger partial charge in [-0.25, -0.2) is 9.78 Å². The molecule has 8 nitrogen and oxygen atoms in total. The molecule has 1 N–H and O–H groups in total. The highest BCUT2D eigenvalue weighted by atomic mass is 19.4. The first-order valence-electron chi connectivity index (χ1n) is 10.2. The third-order valence-corrected chi connectivity index (χ3v) is 5.97. The van der Waals surface area contributed by atoms with E-state index in [1.54, 1.807) is 0 Å². The van der Waals surface area contributed by atoms with Crippen molar-refractivity contribution in [3.05, 3.63) is 23.6 Å². The Balaban J connectivity index is 1.83. The van der Waals surface area contributed by atoms with Gasteiger partial charge in [0.05, 0.1) is 7.11 Å². The molecule has 1 fully saturated rings. The predicted molar refractivity (Wildman–Crippen MR) is 102 cm³/mol. The van der Waals surface area contributed by atoms with Crippen LogP contribution in [0.15, 0.2) is 16.5 Å². The lowest BCUT2D eigenvalue weighted by Gasteiger charge is -2.28. The van der Waals surface area contributed by atoms with Crippen molar-refractivity contribution in [2.24, 2.45) is 0 Å². The minimum atomic E-state index is -4.97. The van der Waals surface area contributed by atoms with Crippen LogP contribution in [-0.4, -0.2) is 52.1 Å². The average Bonchev–Trinajstić information content (AvgIpc) is 3.41. The van der Waals surface area contributed by atoms with Crippen molar-refractivity contribution < 1.29 is 32.2 Å². The van der Waals surface area contributed by atoms with E-state index in [1.807, 2.05) is 4.90 Å². The van der Waals surface area contributed by atoms with Crippen LogP contribution in [0, 0.1) is 0 Å². The molecule has 4 heterocycles. The molecule has 2 atom stereocenters. The molecule has 2 aliphatic heterocycles. The highest BCUT2D eigenvalue weighted by Gasteiger charge is 2.58. The van der Waals surface area contributed by atoms with Crippen LogP contribution in [0.1, 0.15) is 61.2 Å². The Kier molecular flexibility index (Phi) is 5.63. The molecular formula is C20H23F3N4O4. The van der Waals surface area contributed by atoms with Crippen molar-refractivity contribution in [2.75, 3.05) is 18.6 Å². The largest absolute Gasteiger partial charge is 0.465 e. The monoisotopic (exact) mass is 440 g/mol. The van der Waals surface area contributed by atoms with Crippen LogP contribution >= 0.6 is 0 Å². The van der Waals surface area contributed by atoms with Crippen molar-refractivity contribution in [3.8, 4) is 11.6 Å². The number of carbonyl (C=O) groups is 1.